The molecule has 0 amide bonds. The molecule has 1 aliphatic carbocycles. The lowest BCUT2D eigenvalue weighted by Gasteiger charge is -2.42. The summed E-state index contributed by atoms with van der Waals surface area (Å²) in [6.45, 7) is 18.5. The normalized spacial score (nSPS) is 17.6. The van der Waals surface area contributed by atoms with Crippen LogP contribution in [0.2, 0.25) is 0 Å². The standard InChI is InChI=1S/C37H43N/c1-34(2,3)28-18-20-29(21-19-28)35(4,5)24-26-13-12-16-31(23-26)37(8)25-27-17-22-32(38-33(27)37)36(6,7)30-14-10-9-11-15-30/h9-23H,24-25H2,1-8H3. The topological polar surface area (TPSA) is 12.9 Å². The zero-order valence-corrected chi connectivity index (χ0v) is 24.5. The molecule has 1 aromatic heterocycles. The van der Waals surface area contributed by atoms with Gasteiger partial charge in [-0.15, -0.1) is 0 Å². The summed E-state index contributed by atoms with van der Waals surface area (Å²) in [6.07, 6.45) is 2.05. The summed E-state index contributed by atoms with van der Waals surface area (Å²) in [4.78, 5) is 5.32. The van der Waals surface area contributed by atoms with Gasteiger partial charge in [0.2, 0.25) is 0 Å². The Morgan fingerprint density at radius 1 is 0.684 bits per heavy atom. The van der Waals surface area contributed by atoms with E-state index in [1.54, 1.807) is 0 Å². The summed E-state index contributed by atoms with van der Waals surface area (Å²) in [6, 6.07) is 33.8. The average molecular weight is 502 g/mol. The fraction of sp³-hybridized carbons (Fsp3) is 0.378. The molecule has 4 aromatic rings. The molecule has 0 radical (unpaired) electrons. The van der Waals surface area contributed by atoms with Gasteiger partial charge in [0, 0.05) is 10.8 Å². The summed E-state index contributed by atoms with van der Waals surface area (Å²) in [5.74, 6) is 0. The van der Waals surface area contributed by atoms with Gasteiger partial charge in [0.15, 0.2) is 0 Å². The van der Waals surface area contributed by atoms with Crippen LogP contribution in [-0.2, 0) is 34.5 Å². The molecular formula is C37H43N. The fourth-order valence-corrected chi connectivity index (χ4v) is 6.11. The van der Waals surface area contributed by atoms with Crippen molar-refractivity contribution >= 4 is 0 Å². The van der Waals surface area contributed by atoms with Gasteiger partial charge in [-0.3, -0.25) is 4.98 Å². The average Bonchev–Trinajstić information content (AvgIpc) is 2.88. The van der Waals surface area contributed by atoms with Gasteiger partial charge in [-0.1, -0.05) is 133 Å². The first-order valence-electron chi connectivity index (χ1n) is 14.1. The highest BCUT2D eigenvalue weighted by Gasteiger charge is 2.43. The monoisotopic (exact) mass is 501 g/mol. The van der Waals surface area contributed by atoms with Crippen LogP contribution >= 0.6 is 0 Å². The molecule has 0 spiro atoms. The molecule has 3 aromatic carbocycles. The quantitative estimate of drug-likeness (QED) is 0.257. The van der Waals surface area contributed by atoms with Crippen molar-refractivity contribution < 1.29 is 0 Å². The second kappa shape index (κ2) is 9.23. The van der Waals surface area contributed by atoms with Crippen LogP contribution in [0.4, 0.5) is 0 Å². The van der Waals surface area contributed by atoms with Crippen molar-refractivity contribution in [2.24, 2.45) is 0 Å². The van der Waals surface area contributed by atoms with E-state index in [1.807, 2.05) is 0 Å². The number of nitrogens with zero attached hydrogens (tertiary/aromatic N) is 1. The van der Waals surface area contributed by atoms with Gasteiger partial charge in [-0.05, 0) is 70.0 Å². The second-order valence-electron chi connectivity index (χ2n) is 13.8. The lowest BCUT2D eigenvalue weighted by atomic mass is 9.63. The van der Waals surface area contributed by atoms with E-state index in [4.69, 9.17) is 4.98 Å². The molecule has 1 unspecified atom stereocenters. The number of hydrogen-bond acceptors (Lipinski definition) is 1. The summed E-state index contributed by atoms with van der Waals surface area (Å²) >= 11 is 0. The highest BCUT2D eigenvalue weighted by atomic mass is 14.8. The van der Waals surface area contributed by atoms with E-state index in [-0.39, 0.29) is 21.7 Å². The van der Waals surface area contributed by atoms with E-state index >= 15 is 0 Å². The van der Waals surface area contributed by atoms with Crippen molar-refractivity contribution in [2.75, 3.05) is 0 Å². The Balaban J connectivity index is 1.41. The SMILES string of the molecule is CC(C)(C)c1ccc(C(C)(C)Cc2cccc(C3(C)Cc4ccc(C(C)(C)c5ccccc5)nc43)c2)cc1. The maximum Gasteiger partial charge on any atom is 0.0545 e. The van der Waals surface area contributed by atoms with Crippen molar-refractivity contribution in [2.45, 2.75) is 89.9 Å². The van der Waals surface area contributed by atoms with Crippen LogP contribution in [0.15, 0.2) is 91.0 Å². The van der Waals surface area contributed by atoms with Crippen LogP contribution in [0.5, 0.6) is 0 Å². The van der Waals surface area contributed by atoms with E-state index < -0.39 is 0 Å². The molecule has 0 aliphatic heterocycles. The van der Waals surface area contributed by atoms with Gasteiger partial charge in [0.1, 0.15) is 0 Å². The molecule has 5 rings (SSSR count). The van der Waals surface area contributed by atoms with Gasteiger partial charge in [-0.25, -0.2) is 0 Å². The number of benzene rings is 3. The highest BCUT2D eigenvalue weighted by Crippen LogP contribution is 2.46. The molecule has 1 heteroatoms. The zero-order valence-electron chi connectivity index (χ0n) is 24.5. The Kier molecular flexibility index (Phi) is 6.41. The van der Waals surface area contributed by atoms with Gasteiger partial charge >= 0.3 is 0 Å². The molecule has 0 N–H and O–H groups in total. The summed E-state index contributed by atoms with van der Waals surface area (Å²) in [5.41, 5.74) is 10.7. The maximum atomic E-state index is 5.32. The summed E-state index contributed by atoms with van der Waals surface area (Å²) in [7, 11) is 0. The third-order valence-electron chi connectivity index (χ3n) is 8.92. The number of pyridine rings is 1. The highest BCUT2D eigenvalue weighted by molar-refractivity contribution is 5.51. The number of rotatable bonds is 6. The van der Waals surface area contributed by atoms with Crippen LogP contribution in [0.1, 0.15) is 100 Å². The molecule has 1 atom stereocenters. The van der Waals surface area contributed by atoms with Crippen LogP contribution in [0, 0.1) is 0 Å². The van der Waals surface area contributed by atoms with Crippen LogP contribution < -0.4 is 0 Å². The molecule has 1 nitrogen and oxygen atoms in total. The van der Waals surface area contributed by atoms with E-state index in [9.17, 15) is 0 Å². The predicted molar refractivity (Wildman–Crippen MR) is 161 cm³/mol. The Labute approximate surface area is 230 Å². The molecule has 0 fully saturated rings. The van der Waals surface area contributed by atoms with Crippen molar-refractivity contribution in [1.29, 1.82) is 0 Å². The molecular weight excluding hydrogens is 458 g/mol. The molecule has 0 bridgehead atoms. The molecule has 1 heterocycles. The lowest BCUT2D eigenvalue weighted by Crippen LogP contribution is -2.39. The van der Waals surface area contributed by atoms with E-state index in [2.05, 4.69) is 146 Å². The third kappa shape index (κ3) is 4.73. The Morgan fingerprint density at radius 2 is 1.34 bits per heavy atom. The Hall–Kier alpha value is -3.19. The van der Waals surface area contributed by atoms with Crippen LogP contribution in [0.25, 0.3) is 0 Å². The predicted octanol–water partition coefficient (Wildman–Crippen LogP) is 9.09. The van der Waals surface area contributed by atoms with Crippen molar-refractivity contribution in [3.8, 4) is 0 Å². The van der Waals surface area contributed by atoms with E-state index in [1.165, 1.54) is 39.1 Å². The van der Waals surface area contributed by atoms with Crippen molar-refractivity contribution in [3.05, 3.63) is 136 Å². The number of aromatic nitrogens is 1. The molecule has 1 aliphatic rings. The minimum absolute atomic E-state index is 0.0490. The van der Waals surface area contributed by atoms with E-state index in [0.29, 0.717) is 0 Å². The maximum absolute atomic E-state index is 5.32. The fourth-order valence-electron chi connectivity index (χ4n) is 6.11. The molecule has 0 saturated heterocycles. The number of hydrogen-bond donors (Lipinski definition) is 0. The smallest absolute Gasteiger partial charge is 0.0545 e. The van der Waals surface area contributed by atoms with Crippen LogP contribution in [0.3, 0.4) is 0 Å². The van der Waals surface area contributed by atoms with Crippen molar-refractivity contribution in [1.82, 2.24) is 4.98 Å². The summed E-state index contributed by atoms with van der Waals surface area (Å²) in [5, 5.41) is 0. The first kappa shape index (κ1) is 26.4. The van der Waals surface area contributed by atoms with Gasteiger partial charge in [0.25, 0.3) is 0 Å². The summed E-state index contributed by atoms with van der Waals surface area (Å²) < 4.78 is 0. The molecule has 0 saturated carbocycles. The largest absolute Gasteiger partial charge is 0.256 e. The zero-order chi connectivity index (χ0) is 27.3. The minimum Gasteiger partial charge on any atom is -0.256 e. The van der Waals surface area contributed by atoms with Crippen molar-refractivity contribution in [3.63, 3.8) is 0 Å². The Morgan fingerprint density at radius 3 is 2.00 bits per heavy atom. The lowest BCUT2D eigenvalue weighted by molar-refractivity contribution is 0.462. The first-order valence-corrected chi connectivity index (χ1v) is 14.1. The minimum atomic E-state index is -0.138. The van der Waals surface area contributed by atoms with Gasteiger partial charge in [0.05, 0.1) is 11.4 Å². The van der Waals surface area contributed by atoms with Crippen LogP contribution in [-0.4, -0.2) is 4.98 Å². The van der Waals surface area contributed by atoms with Gasteiger partial charge < -0.3 is 0 Å². The molecule has 38 heavy (non-hydrogen) atoms. The van der Waals surface area contributed by atoms with E-state index in [0.717, 1.165) is 18.5 Å². The second-order valence-corrected chi connectivity index (χ2v) is 13.8. The molecule has 196 valence electrons. The first-order chi connectivity index (χ1) is 17.8. The number of fused-ring (bicyclic) bond motifs is 1. The third-order valence-corrected chi connectivity index (χ3v) is 8.92. The Bertz CT molecular complexity index is 1430. The van der Waals surface area contributed by atoms with Gasteiger partial charge in [-0.2, -0.15) is 0 Å².